The lowest BCUT2D eigenvalue weighted by atomic mass is 9.94. The topological polar surface area (TPSA) is 76.2 Å². The monoisotopic (exact) mass is 398 g/mol. The van der Waals surface area contributed by atoms with Crippen molar-refractivity contribution in [1.82, 2.24) is 4.98 Å². The molecule has 0 aliphatic carbocycles. The Bertz CT molecular complexity index is 724. The molecule has 0 aliphatic rings. The van der Waals surface area contributed by atoms with Crippen LogP contribution in [0.3, 0.4) is 0 Å². The zero-order valence-electron chi connectivity index (χ0n) is 14.5. The molecule has 2 rings (SSSR count). The zero-order chi connectivity index (χ0) is 19.9. The first kappa shape index (κ1) is 21.2. The van der Waals surface area contributed by atoms with Crippen LogP contribution in [0, 0.1) is 0 Å². The van der Waals surface area contributed by atoms with Crippen molar-refractivity contribution in [2.75, 3.05) is 11.5 Å². The fraction of sp³-hybridized carbons (Fsp3) is 0.368. The van der Waals surface area contributed by atoms with E-state index in [1.807, 2.05) is 6.07 Å². The summed E-state index contributed by atoms with van der Waals surface area (Å²) in [4.78, 5) is 14.6. The average Bonchev–Trinajstić information content (AvgIpc) is 2.64. The molecule has 4 nitrogen and oxygen atoms in total. The molecule has 0 saturated carbocycles. The predicted molar refractivity (Wildman–Crippen MR) is 101 cm³/mol. The Kier molecular flexibility index (Phi) is 7.67. The van der Waals surface area contributed by atoms with Crippen LogP contribution in [0.4, 0.5) is 13.2 Å². The van der Waals surface area contributed by atoms with E-state index in [4.69, 9.17) is 10.8 Å². The maximum Gasteiger partial charge on any atom is 0.395 e. The molecule has 1 aromatic heterocycles. The standard InChI is InChI=1S/C19H21F3N2O2S/c20-19(21,22)16(7-10-27-11-8-17(23)18(25)26)14-5-3-13(4-6-14)15-2-1-9-24-12-15/h1-6,9,12,16-17H,7-8,10-11,23H2,(H,25,26). The van der Waals surface area contributed by atoms with Gasteiger partial charge in [-0.25, -0.2) is 0 Å². The van der Waals surface area contributed by atoms with Crippen LogP contribution in [0.2, 0.25) is 0 Å². The molecule has 0 bridgehead atoms. The molecule has 146 valence electrons. The van der Waals surface area contributed by atoms with E-state index in [0.717, 1.165) is 11.1 Å². The summed E-state index contributed by atoms with van der Waals surface area (Å²) in [5.41, 5.74) is 7.26. The molecule has 27 heavy (non-hydrogen) atoms. The van der Waals surface area contributed by atoms with Crippen LogP contribution >= 0.6 is 11.8 Å². The second kappa shape index (κ2) is 9.75. The normalized spacial score (nSPS) is 13.9. The van der Waals surface area contributed by atoms with Crippen molar-refractivity contribution < 1.29 is 23.1 Å². The van der Waals surface area contributed by atoms with E-state index in [9.17, 15) is 18.0 Å². The van der Waals surface area contributed by atoms with Gasteiger partial charge in [-0.2, -0.15) is 24.9 Å². The lowest BCUT2D eigenvalue weighted by molar-refractivity contribution is -0.150. The van der Waals surface area contributed by atoms with E-state index in [1.165, 1.54) is 23.9 Å². The van der Waals surface area contributed by atoms with Crippen LogP contribution in [-0.2, 0) is 4.79 Å². The average molecular weight is 398 g/mol. The number of aromatic nitrogens is 1. The van der Waals surface area contributed by atoms with Crippen molar-refractivity contribution in [2.24, 2.45) is 5.73 Å². The summed E-state index contributed by atoms with van der Waals surface area (Å²) in [5, 5.41) is 8.70. The number of carboxylic acids is 1. The number of carbonyl (C=O) groups is 1. The first-order valence-corrected chi connectivity index (χ1v) is 9.57. The van der Waals surface area contributed by atoms with Crippen molar-refractivity contribution in [1.29, 1.82) is 0 Å². The van der Waals surface area contributed by atoms with E-state index >= 15 is 0 Å². The highest BCUT2D eigenvalue weighted by Gasteiger charge is 2.40. The number of pyridine rings is 1. The second-order valence-corrected chi connectivity index (χ2v) is 7.32. The largest absolute Gasteiger partial charge is 0.480 e. The van der Waals surface area contributed by atoms with Crippen molar-refractivity contribution >= 4 is 17.7 Å². The van der Waals surface area contributed by atoms with Gasteiger partial charge in [0, 0.05) is 12.4 Å². The Hall–Kier alpha value is -2.06. The maximum absolute atomic E-state index is 13.5. The third kappa shape index (κ3) is 6.55. The van der Waals surface area contributed by atoms with Crippen molar-refractivity contribution in [3.05, 3.63) is 54.4 Å². The van der Waals surface area contributed by atoms with Gasteiger partial charge in [0.15, 0.2) is 0 Å². The van der Waals surface area contributed by atoms with Gasteiger partial charge in [0.25, 0.3) is 0 Å². The van der Waals surface area contributed by atoms with Gasteiger partial charge >= 0.3 is 12.1 Å². The Morgan fingerprint density at radius 3 is 2.33 bits per heavy atom. The summed E-state index contributed by atoms with van der Waals surface area (Å²) < 4.78 is 40.4. The summed E-state index contributed by atoms with van der Waals surface area (Å²) in [6.45, 7) is 0. The summed E-state index contributed by atoms with van der Waals surface area (Å²) in [6.07, 6.45) is -0.875. The lowest BCUT2D eigenvalue weighted by Gasteiger charge is -2.21. The number of benzene rings is 1. The number of hydrogen-bond donors (Lipinski definition) is 2. The molecule has 0 amide bonds. The van der Waals surface area contributed by atoms with Gasteiger partial charge in [-0.1, -0.05) is 30.3 Å². The Labute approximate surface area is 160 Å². The number of rotatable bonds is 9. The summed E-state index contributed by atoms with van der Waals surface area (Å²) in [7, 11) is 0. The molecule has 2 atom stereocenters. The highest BCUT2D eigenvalue weighted by molar-refractivity contribution is 7.99. The van der Waals surface area contributed by atoms with E-state index < -0.39 is 24.1 Å². The zero-order valence-corrected chi connectivity index (χ0v) is 15.3. The fourth-order valence-electron chi connectivity index (χ4n) is 2.60. The first-order valence-electron chi connectivity index (χ1n) is 8.42. The predicted octanol–water partition coefficient (Wildman–Crippen LogP) is 4.32. The number of thioether (sulfide) groups is 1. The van der Waals surface area contributed by atoms with E-state index in [1.54, 1.807) is 30.6 Å². The number of nitrogens with two attached hydrogens (primary N) is 1. The van der Waals surface area contributed by atoms with E-state index in [0.29, 0.717) is 5.75 Å². The van der Waals surface area contributed by atoms with Gasteiger partial charge in [-0.3, -0.25) is 9.78 Å². The van der Waals surface area contributed by atoms with E-state index in [-0.39, 0.29) is 24.2 Å². The van der Waals surface area contributed by atoms with Gasteiger partial charge in [-0.15, -0.1) is 0 Å². The molecule has 0 fully saturated rings. The van der Waals surface area contributed by atoms with Crippen LogP contribution in [0.15, 0.2) is 48.8 Å². The van der Waals surface area contributed by atoms with E-state index in [2.05, 4.69) is 4.98 Å². The van der Waals surface area contributed by atoms with Crippen LogP contribution < -0.4 is 5.73 Å². The number of aliphatic carboxylic acids is 1. The Morgan fingerprint density at radius 2 is 1.78 bits per heavy atom. The number of alkyl halides is 3. The highest BCUT2D eigenvalue weighted by Crippen LogP contribution is 2.38. The summed E-state index contributed by atoms with van der Waals surface area (Å²) in [5.74, 6) is -1.96. The SMILES string of the molecule is NC(CCSCCC(c1ccc(-c2cccnc2)cc1)C(F)(F)F)C(=O)O. The smallest absolute Gasteiger partial charge is 0.395 e. The number of hydrogen-bond acceptors (Lipinski definition) is 4. The number of halogens is 3. The van der Waals surface area contributed by atoms with Gasteiger partial charge in [0.1, 0.15) is 6.04 Å². The molecule has 1 heterocycles. The van der Waals surface area contributed by atoms with Crippen molar-refractivity contribution in [3.8, 4) is 11.1 Å². The minimum atomic E-state index is -4.34. The summed E-state index contributed by atoms with van der Waals surface area (Å²) >= 11 is 1.29. The number of carboxylic acid groups (broad SMARTS) is 1. The Balaban J connectivity index is 1.97. The molecule has 3 N–H and O–H groups in total. The first-order chi connectivity index (χ1) is 12.8. The third-order valence-corrected chi connectivity index (χ3v) is 5.19. The second-order valence-electron chi connectivity index (χ2n) is 6.09. The lowest BCUT2D eigenvalue weighted by Crippen LogP contribution is -2.30. The van der Waals surface area contributed by atoms with Gasteiger partial charge in [0.05, 0.1) is 5.92 Å². The minimum absolute atomic E-state index is 0.0668. The molecule has 0 radical (unpaired) electrons. The molecule has 0 saturated heterocycles. The molecule has 1 aromatic carbocycles. The van der Waals surface area contributed by atoms with Gasteiger partial charge in [-0.05, 0) is 47.1 Å². The Morgan fingerprint density at radius 1 is 1.11 bits per heavy atom. The molecule has 2 aromatic rings. The van der Waals surface area contributed by atoms with Crippen molar-refractivity contribution in [2.45, 2.75) is 31.0 Å². The van der Waals surface area contributed by atoms with Gasteiger partial charge in [0.2, 0.25) is 0 Å². The molecule has 8 heteroatoms. The molecule has 0 spiro atoms. The van der Waals surface area contributed by atoms with Gasteiger partial charge < -0.3 is 10.8 Å². The van der Waals surface area contributed by atoms with Crippen molar-refractivity contribution in [3.63, 3.8) is 0 Å². The molecular weight excluding hydrogens is 377 g/mol. The third-order valence-electron chi connectivity index (χ3n) is 4.14. The summed E-state index contributed by atoms with van der Waals surface area (Å²) in [6, 6.07) is 9.00. The molecule has 0 aliphatic heterocycles. The highest BCUT2D eigenvalue weighted by atomic mass is 32.2. The van der Waals surface area contributed by atoms with Crippen LogP contribution in [0.1, 0.15) is 24.3 Å². The fourth-order valence-corrected chi connectivity index (χ4v) is 3.62. The van der Waals surface area contributed by atoms with Crippen LogP contribution in [-0.4, -0.2) is 39.8 Å². The van der Waals surface area contributed by atoms with Crippen LogP contribution in [0.5, 0.6) is 0 Å². The van der Waals surface area contributed by atoms with Crippen LogP contribution in [0.25, 0.3) is 11.1 Å². The number of nitrogens with zero attached hydrogens (tertiary/aromatic N) is 1. The quantitative estimate of drug-likeness (QED) is 0.615. The molecule has 2 unspecified atom stereocenters. The maximum atomic E-state index is 13.5. The minimum Gasteiger partial charge on any atom is -0.480 e. The molecular formula is C19H21F3N2O2S.